The van der Waals surface area contributed by atoms with Gasteiger partial charge in [0.1, 0.15) is 5.60 Å². The molecule has 0 bridgehead atoms. The van der Waals surface area contributed by atoms with Crippen molar-refractivity contribution in [3.63, 3.8) is 0 Å². The van der Waals surface area contributed by atoms with Crippen molar-refractivity contribution in [1.29, 1.82) is 0 Å². The number of sulfonamides is 1. The molecule has 144 valence electrons. The summed E-state index contributed by atoms with van der Waals surface area (Å²) in [6.07, 6.45) is 0.171. The van der Waals surface area contributed by atoms with Gasteiger partial charge < -0.3 is 20.7 Å². The van der Waals surface area contributed by atoms with Crippen molar-refractivity contribution in [2.75, 3.05) is 31.9 Å². The van der Waals surface area contributed by atoms with Crippen molar-refractivity contribution < 1.29 is 17.9 Å². The maximum absolute atomic E-state index is 11.4. The molecule has 1 amide bonds. The fourth-order valence-electron chi connectivity index (χ4n) is 1.43. The van der Waals surface area contributed by atoms with E-state index >= 15 is 0 Å². The predicted molar refractivity (Wildman–Crippen MR) is 106 cm³/mol. The van der Waals surface area contributed by atoms with Crippen LogP contribution in [0.4, 0.5) is 4.79 Å². The number of hydrogen-bond acceptors (Lipinski definition) is 5. The summed E-state index contributed by atoms with van der Waals surface area (Å²) in [5.74, 6) is 0.339. The Hall–Kier alpha value is -0.820. The standard InChI is InChI=1S/C13H29N5O4S.HI/c1-5-15-11(17-9-10-23(14,20)21)16-7-6-8-18-12(19)22-13(2,3)4;/h5-10H2,1-4H3,(H,18,19)(H2,14,20,21)(H2,15,16,17);1H. The number of halogens is 1. The van der Waals surface area contributed by atoms with Crippen molar-refractivity contribution in [2.45, 2.75) is 39.7 Å². The number of carbonyl (C=O) groups excluding carboxylic acids is 1. The Balaban J connectivity index is 0. The molecule has 0 aromatic rings. The molecule has 0 heterocycles. The molecule has 0 unspecified atom stereocenters. The van der Waals surface area contributed by atoms with Gasteiger partial charge in [-0.2, -0.15) is 0 Å². The van der Waals surface area contributed by atoms with E-state index < -0.39 is 21.7 Å². The van der Waals surface area contributed by atoms with Crippen LogP contribution in [0.3, 0.4) is 0 Å². The number of hydrogen-bond donors (Lipinski definition) is 4. The molecule has 24 heavy (non-hydrogen) atoms. The van der Waals surface area contributed by atoms with Crippen molar-refractivity contribution in [1.82, 2.24) is 16.0 Å². The fourth-order valence-corrected chi connectivity index (χ4v) is 1.81. The number of carbonyl (C=O) groups is 1. The zero-order chi connectivity index (χ0) is 17.9. The molecule has 0 fully saturated rings. The summed E-state index contributed by atoms with van der Waals surface area (Å²) in [6, 6.07) is 0. The van der Waals surface area contributed by atoms with Gasteiger partial charge in [0.15, 0.2) is 5.96 Å². The minimum absolute atomic E-state index is 0. The average molecular weight is 479 g/mol. The van der Waals surface area contributed by atoms with Crippen LogP contribution < -0.4 is 21.1 Å². The van der Waals surface area contributed by atoms with Crippen LogP contribution in [-0.2, 0) is 14.8 Å². The Labute approximate surface area is 161 Å². The van der Waals surface area contributed by atoms with Crippen molar-refractivity contribution in [2.24, 2.45) is 10.1 Å². The largest absolute Gasteiger partial charge is 0.444 e. The zero-order valence-electron chi connectivity index (χ0n) is 14.7. The first-order valence-corrected chi connectivity index (χ1v) is 9.24. The van der Waals surface area contributed by atoms with Crippen LogP contribution in [0.1, 0.15) is 34.1 Å². The van der Waals surface area contributed by atoms with E-state index in [1.54, 1.807) is 20.8 Å². The van der Waals surface area contributed by atoms with E-state index in [-0.39, 0.29) is 36.3 Å². The van der Waals surface area contributed by atoms with E-state index in [0.717, 1.165) is 0 Å². The molecular formula is C13H30IN5O4S. The number of guanidine groups is 1. The predicted octanol–water partition coefficient (Wildman–Crippen LogP) is 0.363. The highest BCUT2D eigenvalue weighted by atomic mass is 127. The second-order valence-electron chi connectivity index (χ2n) is 5.84. The van der Waals surface area contributed by atoms with Gasteiger partial charge in [-0.25, -0.2) is 18.4 Å². The Kier molecular flexibility index (Phi) is 13.3. The van der Waals surface area contributed by atoms with Gasteiger partial charge in [-0.1, -0.05) is 0 Å². The van der Waals surface area contributed by atoms with Gasteiger partial charge in [0.05, 0.1) is 5.75 Å². The number of ether oxygens (including phenoxy) is 1. The number of nitrogens with zero attached hydrogens (tertiary/aromatic N) is 1. The second kappa shape index (κ2) is 12.5. The van der Waals surface area contributed by atoms with E-state index in [0.29, 0.717) is 32.0 Å². The van der Waals surface area contributed by atoms with Crippen LogP contribution in [0.25, 0.3) is 0 Å². The van der Waals surface area contributed by atoms with Gasteiger partial charge in [-0.15, -0.1) is 24.0 Å². The quantitative estimate of drug-likeness (QED) is 0.172. The molecule has 0 aliphatic carbocycles. The van der Waals surface area contributed by atoms with Crippen LogP contribution in [0.15, 0.2) is 4.99 Å². The molecule has 0 saturated carbocycles. The van der Waals surface area contributed by atoms with Gasteiger partial charge in [0, 0.05) is 26.2 Å². The smallest absolute Gasteiger partial charge is 0.407 e. The Morgan fingerprint density at radius 1 is 1.17 bits per heavy atom. The summed E-state index contributed by atoms with van der Waals surface area (Å²) in [5.41, 5.74) is -0.520. The lowest BCUT2D eigenvalue weighted by Gasteiger charge is -2.19. The van der Waals surface area contributed by atoms with E-state index in [9.17, 15) is 13.2 Å². The maximum Gasteiger partial charge on any atom is 0.407 e. The van der Waals surface area contributed by atoms with Gasteiger partial charge in [-0.05, 0) is 34.1 Å². The number of nitrogens with one attached hydrogen (secondary N) is 3. The molecular weight excluding hydrogens is 449 g/mol. The molecule has 0 aliphatic heterocycles. The summed E-state index contributed by atoms with van der Waals surface area (Å²) in [7, 11) is -3.50. The lowest BCUT2D eigenvalue weighted by atomic mass is 10.2. The summed E-state index contributed by atoms with van der Waals surface area (Å²) in [4.78, 5) is 15.7. The molecule has 0 aliphatic rings. The molecule has 0 rings (SSSR count). The fraction of sp³-hybridized carbons (Fsp3) is 0.846. The Morgan fingerprint density at radius 2 is 1.79 bits per heavy atom. The van der Waals surface area contributed by atoms with E-state index in [4.69, 9.17) is 9.88 Å². The number of rotatable bonds is 8. The summed E-state index contributed by atoms with van der Waals surface area (Å²) in [6.45, 7) is 9.04. The summed E-state index contributed by atoms with van der Waals surface area (Å²) >= 11 is 0. The van der Waals surface area contributed by atoms with E-state index in [2.05, 4.69) is 20.9 Å². The van der Waals surface area contributed by atoms with Crippen molar-refractivity contribution in [3.8, 4) is 0 Å². The number of amides is 1. The molecule has 0 aromatic heterocycles. The highest BCUT2D eigenvalue weighted by Crippen LogP contribution is 2.06. The monoisotopic (exact) mass is 479 g/mol. The van der Waals surface area contributed by atoms with Gasteiger partial charge in [0.25, 0.3) is 0 Å². The lowest BCUT2D eigenvalue weighted by molar-refractivity contribution is 0.0527. The van der Waals surface area contributed by atoms with Crippen molar-refractivity contribution >= 4 is 46.1 Å². The molecule has 5 N–H and O–H groups in total. The van der Waals surface area contributed by atoms with Crippen LogP contribution in [0, 0.1) is 0 Å². The lowest BCUT2D eigenvalue weighted by Crippen LogP contribution is -2.40. The highest BCUT2D eigenvalue weighted by molar-refractivity contribution is 14.0. The molecule has 0 spiro atoms. The minimum atomic E-state index is -3.50. The highest BCUT2D eigenvalue weighted by Gasteiger charge is 2.15. The third kappa shape index (κ3) is 17.5. The summed E-state index contributed by atoms with van der Waals surface area (Å²) in [5, 5.41) is 13.4. The van der Waals surface area contributed by atoms with Crippen LogP contribution >= 0.6 is 24.0 Å². The minimum Gasteiger partial charge on any atom is -0.444 e. The molecule has 11 heteroatoms. The Morgan fingerprint density at radius 3 is 2.29 bits per heavy atom. The second-order valence-corrected chi connectivity index (χ2v) is 7.57. The first-order chi connectivity index (χ1) is 10.5. The van der Waals surface area contributed by atoms with Gasteiger partial charge in [-0.3, -0.25) is 4.99 Å². The molecule has 9 nitrogen and oxygen atoms in total. The van der Waals surface area contributed by atoms with E-state index in [1.807, 2.05) is 6.92 Å². The molecule has 0 aromatic carbocycles. The first-order valence-electron chi connectivity index (χ1n) is 7.53. The maximum atomic E-state index is 11.4. The normalized spacial score (nSPS) is 12.1. The number of aliphatic imine (C=N–C) groups is 1. The average Bonchev–Trinajstić information content (AvgIpc) is 2.34. The topological polar surface area (TPSA) is 135 Å². The van der Waals surface area contributed by atoms with E-state index in [1.165, 1.54) is 0 Å². The first kappa shape index (κ1) is 25.4. The Bertz CT molecular complexity index is 491. The summed E-state index contributed by atoms with van der Waals surface area (Å²) < 4.78 is 26.8. The van der Waals surface area contributed by atoms with Gasteiger partial charge >= 0.3 is 6.09 Å². The van der Waals surface area contributed by atoms with Crippen LogP contribution in [-0.4, -0.2) is 58.0 Å². The third-order valence-corrected chi connectivity index (χ3v) is 3.07. The number of primary sulfonamides is 1. The molecule has 0 radical (unpaired) electrons. The molecule has 0 saturated heterocycles. The third-order valence-electron chi connectivity index (χ3n) is 2.30. The van der Waals surface area contributed by atoms with Crippen LogP contribution in [0.5, 0.6) is 0 Å². The SMILES string of the molecule is CCNC(=NCCCNC(=O)OC(C)(C)C)NCCS(N)(=O)=O.I. The number of alkyl carbamates (subject to hydrolysis) is 1. The zero-order valence-corrected chi connectivity index (χ0v) is 17.9. The number of nitrogens with two attached hydrogens (primary N) is 1. The van der Waals surface area contributed by atoms with Crippen LogP contribution in [0.2, 0.25) is 0 Å². The molecule has 0 atom stereocenters. The van der Waals surface area contributed by atoms with Gasteiger partial charge in [0.2, 0.25) is 10.0 Å². The van der Waals surface area contributed by atoms with Crippen molar-refractivity contribution in [3.05, 3.63) is 0 Å².